The maximum atomic E-state index is 11.2. The number of hydrogen-bond donors (Lipinski definition) is 0. The highest BCUT2D eigenvalue weighted by atomic mass is 79.9. The topological polar surface area (TPSA) is 17.1 Å². The molecule has 0 N–H and O–H groups in total. The van der Waals surface area contributed by atoms with E-state index in [-0.39, 0.29) is 4.83 Å². The summed E-state index contributed by atoms with van der Waals surface area (Å²) in [5.41, 5.74) is 0. The monoisotopic (exact) mass is 232 g/mol. The van der Waals surface area contributed by atoms with Gasteiger partial charge in [-0.3, -0.25) is 4.79 Å². The fourth-order valence-corrected chi connectivity index (χ4v) is 2.54. The van der Waals surface area contributed by atoms with Crippen LogP contribution in [0.3, 0.4) is 0 Å². The summed E-state index contributed by atoms with van der Waals surface area (Å²) in [6, 6.07) is 0. The lowest BCUT2D eigenvalue weighted by Crippen LogP contribution is -2.01. The molecule has 0 spiro atoms. The van der Waals surface area contributed by atoms with Gasteiger partial charge in [0.15, 0.2) is 0 Å². The molecule has 1 rings (SSSR count). The summed E-state index contributed by atoms with van der Waals surface area (Å²) in [4.78, 5) is 11.3. The van der Waals surface area contributed by atoms with Gasteiger partial charge in [-0.15, -0.1) is 0 Å². The lowest BCUT2D eigenvalue weighted by Gasteiger charge is -2.06. The van der Waals surface area contributed by atoms with Crippen molar-refractivity contribution in [3.05, 3.63) is 0 Å². The molecule has 0 bridgehead atoms. The molecule has 0 heterocycles. The van der Waals surface area contributed by atoms with Crippen molar-refractivity contribution in [3.8, 4) is 0 Å². The van der Waals surface area contributed by atoms with Crippen LogP contribution in [0, 0.1) is 5.92 Å². The second-order valence-corrected chi connectivity index (χ2v) is 4.84. The fourth-order valence-electron chi connectivity index (χ4n) is 1.82. The van der Waals surface area contributed by atoms with Crippen molar-refractivity contribution in [2.24, 2.45) is 5.92 Å². The van der Waals surface area contributed by atoms with Gasteiger partial charge in [0.2, 0.25) is 0 Å². The maximum absolute atomic E-state index is 11.2. The number of unbranched alkanes of at least 4 members (excludes halogenated alkanes) is 2. The molecule has 0 saturated heterocycles. The Morgan fingerprint density at radius 1 is 1.50 bits per heavy atom. The van der Waals surface area contributed by atoms with Gasteiger partial charge in [-0.2, -0.15) is 0 Å². The summed E-state index contributed by atoms with van der Waals surface area (Å²) in [5, 5.41) is 0. The number of alkyl halides is 1. The van der Waals surface area contributed by atoms with Crippen molar-refractivity contribution in [1.82, 2.24) is 0 Å². The van der Waals surface area contributed by atoms with Crippen molar-refractivity contribution < 1.29 is 4.79 Å². The lowest BCUT2D eigenvalue weighted by atomic mass is 10.0. The van der Waals surface area contributed by atoms with Crippen LogP contribution >= 0.6 is 15.9 Å². The van der Waals surface area contributed by atoms with Crippen LogP contribution in [0.4, 0.5) is 0 Å². The van der Waals surface area contributed by atoms with E-state index >= 15 is 0 Å². The van der Waals surface area contributed by atoms with Crippen molar-refractivity contribution >= 4 is 21.7 Å². The van der Waals surface area contributed by atoms with E-state index in [1.165, 1.54) is 25.7 Å². The van der Waals surface area contributed by atoms with Crippen LogP contribution in [0.2, 0.25) is 0 Å². The van der Waals surface area contributed by atoms with E-state index in [2.05, 4.69) is 22.9 Å². The van der Waals surface area contributed by atoms with E-state index in [0.717, 1.165) is 12.8 Å². The Bertz CT molecular complexity index is 156. The van der Waals surface area contributed by atoms with Crippen molar-refractivity contribution in [2.45, 2.75) is 50.3 Å². The second-order valence-electron chi connectivity index (χ2n) is 3.74. The molecule has 0 aromatic heterocycles. The van der Waals surface area contributed by atoms with Gasteiger partial charge in [-0.1, -0.05) is 42.1 Å². The van der Waals surface area contributed by atoms with Crippen LogP contribution in [0.15, 0.2) is 0 Å². The molecule has 70 valence electrons. The number of ketones is 1. The van der Waals surface area contributed by atoms with Gasteiger partial charge in [-0.05, 0) is 18.8 Å². The third-order valence-corrected chi connectivity index (χ3v) is 3.48. The lowest BCUT2D eigenvalue weighted by molar-refractivity contribution is -0.117. The molecule has 1 aliphatic carbocycles. The molecule has 1 aliphatic rings. The molecule has 0 amide bonds. The highest BCUT2D eigenvalue weighted by Crippen LogP contribution is 2.31. The van der Waals surface area contributed by atoms with Gasteiger partial charge in [0, 0.05) is 6.42 Å². The molecule has 2 atom stereocenters. The van der Waals surface area contributed by atoms with Gasteiger partial charge < -0.3 is 0 Å². The van der Waals surface area contributed by atoms with Gasteiger partial charge in [0.1, 0.15) is 5.78 Å². The number of carbonyl (C=O) groups excluding carboxylic acids is 1. The Hall–Kier alpha value is 0.150. The summed E-state index contributed by atoms with van der Waals surface area (Å²) in [6.07, 6.45) is 7.04. The predicted molar refractivity (Wildman–Crippen MR) is 54.6 cm³/mol. The highest BCUT2D eigenvalue weighted by Gasteiger charge is 2.29. The summed E-state index contributed by atoms with van der Waals surface area (Å²) in [7, 11) is 0. The van der Waals surface area contributed by atoms with Gasteiger partial charge in [0.25, 0.3) is 0 Å². The summed E-state index contributed by atoms with van der Waals surface area (Å²) < 4.78 is 0. The standard InChI is InChI=1S/C10H17BrO/c1-2-3-4-5-8-6-9(11)10(12)7-8/h8-9H,2-7H2,1H3. The molecule has 0 aliphatic heterocycles. The molecule has 0 aromatic rings. The Morgan fingerprint density at radius 3 is 2.75 bits per heavy atom. The molecule has 1 fully saturated rings. The summed E-state index contributed by atoms with van der Waals surface area (Å²) in [5.74, 6) is 1.09. The van der Waals surface area contributed by atoms with Gasteiger partial charge >= 0.3 is 0 Å². The first-order valence-corrected chi connectivity index (χ1v) is 5.82. The fraction of sp³-hybridized carbons (Fsp3) is 0.900. The maximum Gasteiger partial charge on any atom is 0.146 e. The average molecular weight is 233 g/mol. The molecule has 1 saturated carbocycles. The van der Waals surface area contributed by atoms with E-state index in [0.29, 0.717) is 11.7 Å². The third kappa shape index (κ3) is 2.89. The Balaban J connectivity index is 2.14. The molecule has 12 heavy (non-hydrogen) atoms. The number of hydrogen-bond acceptors (Lipinski definition) is 1. The van der Waals surface area contributed by atoms with Crippen LogP contribution < -0.4 is 0 Å². The number of rotatable bonds is 4. The minimum absolute atomic E-state index is 0.170. The summed E-state index contributed by atoms with van der Waals surface area (Å²) >= 11 is 3.40. The van der Waals surface area contributed by atoms with Crippen molar-refractivity contribution in [2.75, 3.05) is 0 Å². The molecule has 2 unspecified atom stereocenters. The number of Topliss-reactive ketones (excluding diaryl/α,β-unsaturated/α-hetero) is 1. The largest absolute Gasteiger partial charge is 0.298 e. The number of carbonyl (C=O) groups is 1. The minimum atomic E-state index is 0.170. The quantitative estimate of drug-likeness (QED) is 0.537. The molecule has 0 radical (unpaired) electrons. The Kier molecular flexibility index (Phi) is 4.27. The first-order valence-electron chi connectivity index (χ1n) is 4.90. The zero-order valence-electron chi connectivity index (χ0n) is 7.68. The average Bonchev–Trinajstić information content (AvgIpc) is 2.32. The van der Waals surface area contributed by atoms with E-state index < -0.39 is 0 Å². The van der Waals surface area contributed by atoms with Crippen LogP contribution in [0.1, 0.15) is 45.4 Å². The van der Waals surface area contributed by atoms with Gasteiger partial charge in [-0.25, -0.2) is 0 Å². The van der Waals surface area contributed by atoms with E-state index in [1.807, 2.05) is 0 Å². The van der Waals surface area contributed by atoms with Crippen molar-refractivity contribution in [1.29, 1.82) is 0 Å². The Labute approximate surface area is 83.0 Å². The molecule has 1 nitrogen and oxygen atoms in total. The summed E-state index contributed by atoms with van der Waals surface area (Å²) in [6.45, 7) is 2.22. The molecule has 0 aromatic carbocycles. The SMILES string of the molecule is CCCCCC1CC(=O)C(Br)C1. The number of halogens is 1. The minimum Gasteiger partial charge on any atom is -0.298 e. The van der Waals surface area contributed by atoms with Crippen LogP contribution in [0.5, 0.6) is 0 Å². The highest BCUT2D eigenvalue weighted by molar-refractivity contribution is 9.10. The molecular formula is C10H17BrO. The first-order chi connectivity index (χ1) is 5.74. The van der Waals surface area contributed by atoms with Crippen LogP contribution in [-0.2, 0) is 4.79 Å². The predicted octanol–water partition coefficient (Wildman–Crippen LogP) is 3.31. The zero-order chi connectivity index (χ0) is 8.97. The third-order valence-electron chi connectivity index (χ3n) is 2.60. The first kappa shape index (κ1) is 10.2. The van der Waals surface area contributed by atoms with E-state index in [9.17, 15) is 4.79 Å². The van der Waals surface area contributed by atoms with E-state index in [4.69, 9.17) is 0 Å². The smallest absolute Gasteiger partial charge is 0.146 e. The molecule has 2 heteroatoms. The zero-order valence-corrected chi connectivity index (χ0v) is 9.27. The van der Waals surface area contributed by atoms with Gasteiger partial charge in [0.05, 0.1) is 4.83 Å². The second kappa shape index (κ2) is 5.00. The van der Waals surface area contributed by atoms with Crippen LogP contribution in [-0.4, -0.2) is 10.6 Å². The molecular weight excluding hydrogens is 216 g/mol. The van der Waals surface area contributed by atoms with Crippen molar-refractivity contribution in [3.63, 3.8) is 0 Å². The Morgan fingerprint density at radius 2 is 2.25 bits per heavy atom. The van der Waals surface area contributed by atoms with Crippen LogP contribution in [0.25, 0.3) is 0 Å². The normalized spacial score (nSPS) is 29.7. The van der Waals surface area contributed by atoms with E-state index in [1.54, 1.807) is 0 Å².